The van der Waals surface area contributed by atoms with Crippen molar-refractivity contribution >= 4 is 70.5 Å². The van der Waals surface area contributed by atoms with Crippen molar-refractivity contribution in [2.45, 2.75) is 0 Å². The number of furan rings is 1. The first-order valence-electron chi connectivity index (χ1n) is 13.5. The zero-order chi connectivity index (χ0) is 27.3. The molecule has 0 saturated carbocycles. The van der Waals surface area contributed by atoms with E-state index in [1.165, 1.54) is 20.2 Å². The van der Waals surface area contributed by atoms with Crippen LogP contribution in [0, 0.1) is 11.3 Å². The lowest BCUT2D eigenvalue weighted by Gasteiger charge is -2.26. The molecule has 6 aromatic carbocycles. The standard InChI is InChI=1S/C37H22N2OS/c38-23-24-9-6-10-25(21-24)26-19-20-34-30(22-26)36-31(15-8-18-35(36)41-34)39(27-11-2-1-3-12-27)32-16-7-14-29-28-13-4-5-17-33(28)40-37(29)32/h1-22H. The van der Waals surface area contributed by atoms with Gasteiger partial charge in [0.15, 0.2) is 5.58 Å². The van der Waals surface area contributed by atoms with Gasteiger partial charge in [0.25, 0.3) is 0 Å². The first-order chi connectivity index (χ1) is 20.3. The predicted molar refractivity (Wildman–Crippen MR) is 171 cm³/mol. The van der Waals surface area contributed by atoms with E-state index in [2.05, 4.69) is 108 Å². The van der Waals surface area contributed by atoms with Crippen molar-refractivity contribution in [1.29, 1.82) is 5.26 Å². The van der Waals surface area contributed by atoms with Crippen molar-refractivity contribution in [3.63, 3.8) is 0 Å². The first-order valence-corrected chi connectivity index (χ1v) is 14.3. The molecule has 8 aromatic rings. The molecule has 0 radical (unpaired) electrons. The molecule has 0 aliphatic rings. The number of hydrogen-bond acceptors (Lipinski definition) is 4. The molecule has 0 atom stereocenters. The molecule has 0 spiro atoms. The summed E-state index contributed by atoms with van der Waals surface area (Å²) in [6.45, 7) is 0. The molecular weight excluding hydrogens is 520 g/mol. The van der Waals surface area contributed by atoms with E-state index < -0.39 is 0 Å². The summed E-state index contributed by atoms with van der Waals surface area (Å²) >= 11 is 1.80. The van der Waals surface area contributed by atoms with Gasteiger partial charge in [-0.1, -0.05) is 72.8 Å². The summed E-state index contributed by atoms with van der Waals surface area (Å²) in [6.07, 6.45) is 0. The molecule has 0 saturated heterocycles. The average molecular weight is 543 g/mol. The van der Waals surface area contributed by atoms with Gasteiger partial charge in [0.05, 0.1) is 23.0 Å². The average Bonchev–Trinajstić information content (AvgIpc) is 3.61. The molecule has 0 N–H and O–H groups in total. The van der Waals surface area contributed by atoms with Gasteiger partial charge < -0.3 is 9.32 Å². The van der Waals surface area contributed by atoms with E-state index in [1.54, 1.807) is 11.3 Å². The van der Waals surface area contributed by atoms with Gasteiger partial charge in [-0.25, -0.2) is 0 Å². The van der Waals surface area contributed by atoms with Crippen LogP contribution in [0.5, 0.6) is 0 Å². The molecule has 0 aliphatic heterocycles. The number of anilines is 3. The van der Waals surface area contributed by atoms with Gasteiger partial charge in [0.2, 0.25) is 0 Å². The summed E-state index contributed by atoms with van der Waals surface area (Å²) < 4.78 is 8.97. The number of rotatable bonds is 4. The van der Waals surface area contributed by atoms with Crippen molar-refractivity contribution in [3.8, 4) is 17.2 Å². The van der Waals surface area contributed by atoms with Crippen LogP contribution in [0.1, 0.15) is 5.56 Å². The Morgan fingerprint density at radius 3 is 2.24 bits per heavy atom. The van der Waals surface area contributed by atoms with E-state index in [0.29, 0.717) is 5.56 Å². The van der Waals surface area contributed by atoms with Gasteiger partial charge in [-0.15, -0.1) is 11.3 Å². The lowest BCUT2D eigenvalue weighted by molar-refractivity contribution is 0.669. The monoisotopic (exact) mass is 542 g/mol. The minimum Gasteiger partial charge on any atom is -0.454 e. The van der Waals surface area contributed by atoms with Gasteiger partial charge in [-0.2, -0.15) is 5.26 Å². The van der Waals surface area contributed by atoms with Gasteiger partial charge in [-0.3, -0.25) is 0 Å². The topological polar surface area (TPSA) is 40.2 Å². The first kappa shape index (κ1) is 23.5. The van der Waals surface area contributed by atoms with E-state index in [4.69, 9.17) is 4.42 Å². The highest BCUT2D eigenvalue weighted by atomic mass is 32.1. The SMILES string of the molecule is N#Cc1cccc(-c2ccc3sc4cccc(N(c5ccccc5)c5cccc6c5oc5ccccc56)c4c3c2)c1. The van der Waals surface area contributed by atoms with Crippen LogP contribution in [0.2, 0.25) is 0 Å². The van der Waals surface area contributed by atoms with Crippen LogP contribution in [0.3, 0.4) is 0 Å². The molecule has 4 heteroatoms. The van der Waals surface area contributed by atoms with Crippen molar-refractivity contribution in [3.05, 3.63) is 139 Å². The molecule has 3 nitrogen and oxygen atoms in total. The third kappa shape index (κ3) is 3.79. The zero-order valence-corrected chi connectivity index (χ0v) is 22.7. The van der Waals surface area contributed by atoms with Crippen molar-refractivity contribution in [1.82, 2.24) is 0 Å². The van der Waals surface area contributed by atoms with E-state index >= 15 is 0 Å². The maximum absolute atomic E-state index is 9.46. The molecular formula is C37H22N2OS. The molecule has 0 unspecified atom stereocenters. The fourth-order valence-corrected chi connectivity index (χ4v) is 6.94. The second kappa shape index (κ2) is 9.38. The van der Waals surface area contributed by atoms with Crippen LogP contribution < -0.4 is 4.90 Å². The van der Waals surface area contributed by atoms with Crippen molar-refractivity contribution in [2.24, 2.45) is 0 Å². The Balaban J connectivity index is 1.42. The maximum atomic E-state index is 9.46. The Morgan fingerprint density at radius 2 is 1.34 bits per heavy atom. The largest absolute Gasteiger partial charge is 0.454 e. The predicted octanol–water partition coefficient (Wildman–Crippen LogP) is 11.0. The fourth-order valence-electron chi connectivity index (χ4n) is 5.84. The van der Waals surface area contributed by atoms with E-state index in [1.807, 2.05) is 36.4 Å². The zero-order valence-electron chi connectivity index (χ0n) is 21.9. The minimum atomic E-state index is 0.660. The number of nitriles is 1. The van der Waals surface area contributed by atoms with Crippen molar-refractivity contribution < 1.29 is 4.42 Å². The summed E-state index contributed by atoms with van der Waals surface area (Å²) in [5, 5.41) is 14.1. The highest BCUT2D eigenvalue weighted by Gasteiger charge is 2.22. The Bertz CT molecular complexity index is 2290. The molecule has 0 aliphatic carbocycles. The number of benzene rings is 6. The summed E-state index contributed by atoms with van der Waals surface area (Å²) in [5.74, 6) is 0. The number of hydrogen-bond donors (Lipinski definition) is 0. The van der Waals surface area contributed by atoms with E-state index in [0.717, 1.165) is 50.1 Å². The summed E-state index contributed by atoms with van der Waals surface area (Å²) in [4.78, 5) is 2.32. The molecule has 0 bridgehead atoms. The second-order valence-electron chi connectivity index (χ2n) is 10.1. The van der Waals surface area contributed by atoms with Crippen LogP contribution in [0.4, 0.5) is 17.1 Å². The smallest absolute Gasteiger partial charge is 0.159 e. The molecule has 192 valence electrons. The third-order valence-electron chi connectivity index (χ3n) is 7.68. The Kier molecular flexibility index (Phi) is 5.38. The lowest BCUT2D eigenvalue weighted by atomic mass is 10.0. The molecule has 41 heavy (non-hydrogen) atoms. The molecule has 0 fully saturated rings. The summed E-state index contributed by atoms with van der Waals surface area (Å²) in [5.41, 5.74) is 7.68. The summed E-state index contributed by atoms with van der Waals surface area (Å²) in [6, 6.07) is 48.3. The van der Waals surface area contributed by atoms with Crippen LogP contribution >= 0.6 is 11.3 Å². The molecule has 0 amide bonds. The summed E-state index contributed by atoms with van der Waals surface area (Å²) in [7, 11) is 0. The Labute approximate surface area is 240 Å². The van der Waals surface area contributed by atoms with Crippen LogP contribution in [-0.2, 0) is 0 Å². The van der Waals surface area contributed by atoms with Crippen LogP contribution in [0.25, 0.3) is 53.2 Å². The van der Waals surface area contributed by atoms with Gasteiger partial charge in [0, 0.05) is 36.6 Å². The number of nitrogens with zero attached hydrogens (tertiary/aromatic N) is 2. The molecule has 2 heterocycles. The number of thiophene rings is 1. The quantitative estimate of drug-likeness (QED) is 0.222. The normalized spacial score (nSPS) is 11.4. The third-order valence-corrected chi connectivity index (χ3v) is 8.81. The lowest BCUT2D eigenvalue weighted by Crippen LogP contribution is -2.10. The fraction of sp³-hybridized carbons (Fsp3) is 0. The van der Waals surface area contributed by atoms with Gasteiger partial charge in [0.1, 0.15) is 5.58 Å². The highest BCUT2D eigenvalue weighted by molar-refractivity contribution is 7.26. The van der Waals surface area contributed by atoms with Crippen LogP contribution in [0.15, 0.2) is 138 Å². The minimum absolute atomic E-state index is 0.660. The Hall–Kier alpha value is -5.37. The van der Waals surface area contributed by atoms with E-state index in [-0.39, 0.29) is 0 Å². The number of para-hydroxylation sites is 3. The van der Waals surface area contributed by atoms with Crippen molar-refractivity contribution in [2.75, 3.05) is 4.90 Å². The second-order valence-corrected chi connectivity index (χ2v) is 11.2. The van der Waals surface area contributed by atoms with Gasteiger partial charge in [-0.05, 0) is 71.8 Å². The molecule has 8 rings (SSSR count). The Morgan fingerprint density at radius 1 is 0.585 bits per heavy atom. The maximum Gasteiger partial charge on any atom is 0.159 e. The van der Waals surface area contributed by atoms with Gasteiger partial charge >= 0.3 is 0 Å². The number of fused-ring (bicyclic) bond motifs is 6. The van der Waals surface area contributed by atoms with Crippen LogP contribution in [-0.4, -0.2) is 0 Å². The van der Waals surface area contributed by atoms with E-state index in [9.17, 15) is 5.26 Å². The molecule has 2 aromatic heterocycles. The highest BCUT2D eigenvalue weighted by Crippen LogP contribution is 2.47.